The molecule has 0 radical (unpaired) electrons. The minimum absolute atomic E-state index is 0.570. The average molecular weight is 345 g/mol. The van der Waals surface area contributed by atoms with Crippen LogP contribution in [0.15, 0.2) is 67.0 Å². The molecule has 26 heavy (non-hydrogen) atoms. The van der Waals surface area contributed by atoms with Crippen molar-refractivity contribution < 1.29 is 0 Å². The highest BCUT2D eigenvalue weighted by molar-refractivity contribution is 5.93. The highest BCUT2D eigenvalue weighted by Gasteiger charge is 2.20. The van der Waals surface area contributed by atoms with Gasteiger partial charge in [0.15, 0.2) is 0 Å². The van der Waals surface area contributed by atoms with Gasteiger partial charge in [-0.25, -0.2) is 0 Å². The maximum absolute atomic E-state index is 4.23. The number of pyridine rings is 1. The lowest BCUT2D eigenvalue weighted by atomic mass is 9.90. The number of hydrogen-bond donors (Lipinski definition) is 2. The Morgan fingerprint density at radius 2 is 1.65 bits per heavy atom. The Labute approximate surface area is 155 Å². The minimum Gasteiger partial charge on any atom is -0.382 e. The topological polar surface area (TPSA) is 37.0 Å². The highest BCUT2D eigenvalue weighted by atomic mass is 14.9. The fourth-order valence-electron chi connectivity index (χ4n) is 3.98. The molecule has 0 amide bonds. The first-order valence-corrected chi connectivity index (χ1v) is 9.75. The molecule has 4 rings (SSSR count). The monoisotopic (exact) mass is 345 g/mol. The lowest BCUT2D eigenvalue weighted by Gasteiger charge is -2.30. The van der Waals surface area contributed by atoms with Crippen LogP contribution in [0.4, 0.5) is 5.69 Å². The number of benzene rings is 2. The molecule has 134 valence electrons. The summed E-state index contributed by atoms with van der Waals surface area (Å²) in [6, 6.07) is 20.5. The van der Waals surface area contributed by atoms with Gasteiger partial charge in [-0.2, -0.15) is 0 Å². The molecule has 0 saturated heterocycles. The molecule has 3 nitrogen and oxygen atoms in total. The van der Waals surface area contributed by atoms with Crippen LogP contribution >= 0.6 is 0 Å². The van der Waals surface area contributed by atoms with Crippen LogP contribution in [0, 0.1) is 0 Å². The lowest BCUT2D eigenvalue weighted by molar-refractivity contribution is 0.356. The van der Waals surface area contributed by atoms with Crippen molar-refractivity contribution in [2.45, 2.75) is 44.2 Å². The summed E-state index contributed by atoms with van der Waals surface area (Å²) < 4.78 is 0. The molecule has 2 aromatic carbocycles. The number of fused-ring (bicyclic) bond motifs is 1. The van der Waals surface area contributed by atoms with Crippen molar-refractivity contribution in [2.24, 2.45) is 0 Å². The SMILES string of the molecule is c1ccc(CCNC2CCC(Nc3cccc4cnccc34)CC2)cc1. The largest absolute Gasteiger partial charge is 0.382 e. The zero-order chi connectivity index (χ0) is 17.6. The molecule has 3 aromatic rings. The summed E-state index contributed by atoms with van der Waals surface area (Å²) in [5, 5.41) is 9.99. The Hall–Kier alpha value is -2.39. The van der Waals surface area contributed by atoms with E-state index in [-0.39, 0.29) is 0 Å². The minimum atomic E-state index is 0.570. The van der Waals surface area contributed by atoms with Crippen molar-refractivity contribution in [3.63, 3.8) is 0 Å². The van der Waals surface area contributed by atoms with E-state index < -0.39 is 0 Å². The van der Waals surface area contributed by atoms with E-state index in [4.69, 9.17) is 0 Å². The molecule has 0 bridgehead atoms. The van der Waals surface area contributed by atoms with Crippen molar-refractivity contribution in [1.82, 2.24) is 10.3 Å². The van der Waals surface area contributed by atoms with Crippen molar-refractivity contribution >= 4 is 16.5 Å². The summed E-state index contributed by atoms with van der Waals surface area (Å²) in [5.41, 5.74) is 2.66. The third-order valence-electron chi connectivity index (χ3n) is 5.46. The molecule has 1 aromatic heterocycles. The van der Waals surface area contributed by atoms with Gasteiger partial charge in [-0.15, -0.1) is 0 Å². The molecule has 0 unspecified atom stereocenters. The molecular weight excluding hydrogens is 318 g/mol. The smallest absolute Gasteiger partial charge is 0.0423 e. The first-order chi connectivity index (χ1) is 12.9. The second kappa shape index (κ2) is 8.33. The van der Waals surface area contributed by atoms with E-state index in [0.717, 1.165) is 13.0 Å². The van der Waals surface area contributed by atoms with E-state index in [1.807, 2.05) is 12.4 Å². The number of nitrogens with zero attached hydrogens (tertiary/aromatic N) is 1. The van der Waals surface area contributed by atoms with Gasteiger partial charge >= 0.3 is 0 Å². The second-order valence-electron chi connectivity index (χ2n) is 7.28. The maximum atomic E-state index is 4.23. The Bertz CT molecular complexity index is 818. The summed E-state index contributed by atoms with van der Waals surface area (Å²) in [6.07, 6.45) is 9.88. The molecule has 0 aliphatic heterocycles. The molecule has 0 spiro atoms. The highest BCUT2D eigenvalue weighted by Crippen LogP contribution is 2.27. The van der Waals surface area contributed by atoms with Gasteiger partial charge in [-0.1, -0.05) is 42.5 Å². The quantitative estimate of drug-likeness (QED) is 0.674. The fraction of sp³-hybridized carbons (Fsp3) is 0.348. The third-order valence-corrected chi connectivity index (χ3v) is 5.46. The fourth-order valence-corrected chi connectivity index (χ4v) is 3.98. The number of hydrogen-bond acceptors (Lipinski definition) is 3. The van der Waals surface area contributed by atoms with Crippen LogP contribution in [-0.4, -0.2) is 23.6 Å². The van der Waals surface area contributed by atoms with Crippen LogP contribution in [0.25, 0.3) is 10.8 Å². The van der Waals surface area contributed by atoms with Gasteiger partial charge in [0, 0.05) is 40.9 Å². The standard InChI is InChI=1S/C23H27N3/c1-2-5-18(6-3-1)13-16-25-20-9-11-21(12-10-20)26-23-8-4-7-19-17-24-15-14-22(19)23/h1-8,14-15,17,20-21,25-26H,9-13,16H2. The van der Waals surface area contributed by atoms with E-state index in [1.54, 1.807) is 0 Å². The summed E-state index contributed by atoms with van der Waals surface area (Å²) in [6.45, 7) is 1.07. The number of anilines is 1. The van der Waals surface area contributed by atoms with Crippen LogP contribution < -0.4 is 10.6 Å². The van der Waals surface area contributed by atoms with E-state index in [0.29, 0.717) is 12.1 Å². The Morgan fingerprint density at radius 1 is 0.846 bits per heavy atom. The lowest BCUT2D eigenvalue weighted by Crippen LogP contribution is -2.37. The van der Waals surface area contributed by atoms with Crippen LogP contribution in [0.2, 0.25) is 0 Å². The first-order valence-electron chi connectivity index (χ1n) is 9.75. The van der Waals surface area contributed by atoms with E-state index in [9.17, 15) is 0 Å². The number of aromatic nitrogens is 1. The van der Waals surface area contributed by atoms with Crippen molar-refractivity contribution in [1.29, 1.82) is 0 Å². The third kappa shape index (κ3) is 4.23. The Balaban J connectivity index is 1.26. The van der Waals surface area contributed by atoms with Crippen LogP contribution in [-0.2, 0) is 6.42 Å². The van der Waals surface area contributed by atoms with Crippen molar-refractivity contribution in [3.8, 4) is 0 Å². The predicted octanol–water partition coefficient (Wildman–Crippen LogP) is 4.79. The van der Waals surface area contributed by atoms with Crippen LogP contribution in [0.3, 0.4) is 0 Å². The van der Waals surface area contributed by atoms with E-state index in [1.165, 1.54) is 47.7 Å². The van der Waals surface area contributed by atoms with Gasteiger partial charge in [0.2, 0.25) is 0 Å². The van der Waals surface area contributed by atoms with Crippen LogP contribution in [0.5, 0.6) is 0 Å². The molecule has 1 heterocycles. The van der Waals surface area contributed by atoms with Crippen LogP contribution in [0.1, 0.15) is 31.2 Å². The van der Waals surface area contributed by atoms with Gasteiger partial charge < -0.3 is 10.6 Å². The Kier molecular flexibility index (Phi) is 5.46. The van der Waals surface area contributed by atoms with Gasteiger partial charge in [0.1, 0.15) is 0 Å². The molecule has 1 aliphatic rings. The molecule has 1 fully saturated rings. The molecule has 1 saturated carbocycles. The number of nitrogens with one attached hydrogen (secondary N) is 2. The maximum Gasteiger partial charge on any atom is 0.0423 e. The molecule has 3 heteroatoms. The van der Waals surface area contributed by atoms with Gasteiger partial charge in [0.05, 0.1) is 0 Å². The molecular formula is C23H27N3. The normalized spacial score (nSPS) is 20.2. The second-order valence-corrected chi connectivity index (χ2v) is 7.28. The molecule has 1 aliphatic carbocycles. The predicted molar refractivity (Wildman–Crippen MR) is 110 cm³/mol. The summed E-state index contributed by atoms with van der Waals surface area (Å²) in [7, 11) is 0. The summed E-state index contributed by atoms with van der Waals surface area (Å²) >= 11 is 0. The molecule has 0 atom stereocenters. The van der Waals surface area contributed by atoms with Gasteiger partial charge in [-0.3, -0.25) is 4.98 Å². The summed E-state index contributed by atoms with van der Waals surface area (Å²) in [5.74, 6) is 0. The first kappa shape index (κ1) is 17.0. The van der Waals surface area contributed by atoms with Crippen molar-refractivity contribution in [2.75, 3.05) is 11.9 Å². The zero-order valence-electron chi connectivity index (χ0n) is 15.2. The van der Waals surface area contributed by atoms with E-state index >= 15 is 0 Å². The Morgan fingerprint density at radius 3 is 2.50 bits per heavy atom. The summed E-state index contributed by atoms with van der Waals surface area (Å²) in [4.78, 5) is 4.23. The van der Waals surface area contributed by atoms with Crippen molar-refractivity contribution in [3.05, 3.63) is 72.6 Å². The van der Waals surface area contributed by atoms with Gasteiger partial charge in [0.25, 0.3) is 0 Å². The average Bonchev–Trinajstić information content (AvgIpc) is 2.70. The van der Waals surface area contributed by atoms with E-state index in [2.05, 4.69) is 70.2 Å². The number of rotatable bonds is 6. The zero-order valence-corrected chi connectivity index (χ0v) is 15.2. The van der Waals surface area contributed by atoms with Gasteiger partial charge in [-0.05, 0) is 56.3 Å². The molecule has 2 N–H and O–H groups in total.